The average Bonchev–Trinajstić information content (AvgIpc) is 2.79. The Labute approximate surface area is 94.7 Å². The topological polar surface area (TPSA) is 66.9 Å². The molecule has 0 radical (unpaired) electrons. The van der Waals surface area contributed by atoms with Crippen molar-refractivity contribution >= 4 is 5.91 Å². The highest BCUT2D eigenvalue weighted by Crippen LogP contribution is 2.04. The lowest BCUT2D eigenvalue weighted by molar-refractivity contribution is -0.122. The molecule has 1 aliphatic heterocycles. The van der Waals surface area contributed by atoms with Crippen molar-refractivity contribution in [3.8, 4) is 0 Å². The molecule has 1 atom stereocenters. The van der Waals surface area contributed by atoms with Crippen LogP contribution in [0.3, 0.4) is 0 Å². The molecular formula is C11H16N4O. The number of hydrogen-bond donors (Lipinski definition) is 2. The van der Waals surface area contributed by atoms with Crippen LogP contribution in [-0.4, -0.2) is 28.5 Å². The van der Waals surface area contributed by atoms with Gasteiger partial charge in [-0.05, 0) is 32.4 Å². The molecule has 0 aliphatic carbocycles. The zero-order valence-corrected chi connectivity index (χ0v) is 9.36. The number of carbonyl (C=O) groups is 1. The first kappa shape index (κ1) is 11.0. The van der Waals surface area contributed by atoms with E-state index in [0.29, 0.717) is 6.54 Å². The molecule has 1 saturated heterocycles. The minimum absolute atomic E-state index is 0.0251. The monoisotopic (exact) mass is 220 g/mol. The number of hydrogen-bond acceptors (Lipinski definition) is 4. The van der Waals surface area contributed by atoms with Gasteiger partial charge in [0, 0.05) is 6.20 Å². The van der Waals surface area contributed by atoms with Crippen molar-refractivity contribution in [3.63, 3.8) is 0 Å². The molecule has 0 saturated carbocycles. The van der Waals surface area contributed by atoms with Crippen LogP contribution < -0.4 is 10.6 Å². The minimum Gasteiger partial charge on any atom is -0.349 e. The fourth-order valence-corrected chi connectivity index (χ4v) is 1.81. The maximum Gasteiger partial charge on any atom is 0.237 e. The lowest BCUT2D eigenvalue weighted by Crippen LogP contribution is -2.40. The number of carbonyl (C=O) groups excluding carboxylic acids is 1. The van der Waals surface area contributed by atoms with Gasteiger partial charge in [0.25, 0.3) is 0 Å². The van der Waals surface area contributed by atoms with Crippen molar-refractivity contribution in [2.45, 2.75) is 32.4 Å². The van der Waals surface area contributed by atoms with Crippen LogP contribution in [0, 0.1) is 6.92 Å². The van der Waals surface area contributed by atoms with Gasteiger partial charge in [0.15, 0.2) is 0 Å². The molecule has 1 fully saturated rings. The molecule has 2 N–H and O–H groups in total. The molecular weight excluding hydrogens is 204 g/mol. The van der Waals surface area contributed by atoms with Gasteiger partial charge in [0.05, 0.1) is 18.3 Å². The second-order valence-electron chi connectivity index (χ2n) is 3.96. The summed E-state index contributed by atoms with van der Waals surface area (Å²) in [7, 11) is 0. The van der Waals surface area contributed by atoms with E-state index in [9.17, 15) is 4.79 Å². The zero-order chi connectivity index (χ0) is 11.4. The Kier molecular flexibility index (Phi) is 3.46. The van der Waals surface area contributed by atoms with E-state index in [-0.39, 0.29) is 11.9 Å². The van der Waals surface area contributed by atoms with Crippen LogP contribution in [0.25, 0.3) is 0 Å². The summed E-state index contributed by atoms with van der Waals surface area (Å²) >= 11 is 0. The molecule has 1 amide bonds. The van der Waals surface area contributed by atoms with Crippen molar-refractivity contribution < 1.29 is 4.79 Å². The highest BCUT2D eigenvalue weighted by molar-refractivity contribution is 5.81. The van der Waals surface area contributed by atoms with E-state index in [1.54, 1.807) is 6.20 Å². The molecule has 1 aromatic heterocycles. The highest BCUT2D eigenvalue weighted by Gasteiger charge is 2.21. The van der Waals surface area contributed by atoms with Gasteiger partial charge in [-0.1, -0.05) is 0 Å². The minimum atomic E-state index is -0.0251. The van der Waals surface area contributed by atoms with Crippen molar-refractivity contribution in [1.82, 2.24) is 20.6 Å². The van der Waals surface area contributed by atoms with Crippen LogP contribution in [0.15, 0.2) is 12.3 Å². The van der Waals surface area contributed by atoms with Gasteiger partial charge < -0.3 is 10.6 Å². The summed E-state index contributed by atoms with van der Waals surface area (Å²) in [5, 5.41) is 6.04. The molecule has 1 aliphatic rings. The first-order valence-electron chi connectivity index (χ1n) is 5.55. The van der Waals surface area contributed by atoms with E-state index in [0.717, 1.165) is 30.9 Å². The fourth-order valence-electron chi connectivity index (χ4n) is 1.81. The number of nitrogens with zero attached hydrogens (tertiary/aromatic N) is 2. The number of aryl methyl sites for hydroxylation is 1. The van der Waals surface area contributed by atoms with E-state index in [1.807, 2.05) is 13.0 Å². The lowest BCUT2D eigenvalue weighted by atomic mass is 10.2. The van der Waals surface area contributed by atoms with Crippen molar-refractivity contribution in [3.05, 3.63) is 23.8 Å². The van der Waals surface area contributed by atoms with Gasteiger partial charge in [-0.3, -0.25) is 4.79 Å². The normalized spacial score (nSPS) is 19.7. The van der Waals surface area contributed by atoms with Gasteiger partial charge in [0.1, 0.15) is 5.82 Å². The SMILES string of the molecule is Cc1nccc(CNC(=O)[C@H]2CCCN2)n1. The summed E-state index contributed by atoms with van der Waals surface area (Å²) in [4.78, 5) is 19.9. The second-order valence-corrected chi connectivity index (χ2v) is 3.96. The fraction of sp³-hybridized carbons (Fsp3) is 0.545. The Morgan fingerprint density at radius 3 is 3.25 bits per heavy atom. The summed E-state index contributed by atoms with van der Waals surface area (Å²) in [5.41, 5.74) is 0.846. The standard InChI is InChI=1S/C11H16N4O/c1-8-12-6-4-9(15-8)7-14-11(16)10-3-2-5-13-10/h4,6,10,13H,2-3,5,7H2,1H3,(H,14,16)/t10-/m1/s1. The summed E-state index contributed by atoms with van der Waals surface area (Å²) < 4.78 is 0. The van der Waals surface area contributed by atoms with E-state index < -0.39 is 0 Å². The molecule has 86 valence electrons. The van der Waals surface area contributed by atoms with Gasteiger partial charge in [-0.2, -0.15) is 0 Å². The predicted octanol–water partition coefficient (Wildman–Crippen LogP) is 0.153. The number of amides is 1. The largest absolute Gasteiger partial charge is 0.349 e. The van der Waals surface area contributed by atoms with Crippen LogP contribution in [0.2, 0.25) is 0 Å². The Morgan fingerprint density at radius 2 is 2.56 bits per heavy atom. The lowest BCUT2D eigenvalue weighted by Gasteiger charge is -2.10. The van der Waals surface area contributed by atoms with E-state index in [1.165, 1.54) is 0 Å². The highest BCUT2D eigenvalue weighted by atomic mass is 16.2. The Morgan fingerprint density at radius 1 is 1.69 bits per heavy atom. The van der Waals surface area contributed by atoms with E-state index >= 15 is 0 Å². The zero-order valence-electron chi connectivity index (χ0n) is 9.36. The molecule has 2 rings (SSSR count). The Bertz CT molecular complexity index is 374. The predicted molar refractivity (Wildman–Crippen MR) is 59.6 cm³/mol. The Hall–Kier alpha value is -1.49. The van der Waals surface area contributed by atoms with Gasteiger partial charge >= 0.3 is 0 Å². The first-order valence-corrected chi connectivity index (χ1v) is 5.55. The smallest absolute Gasteiger partial charge is 0.237 e. The Balaban J connectivity index is 1.84. The molecule has 16 heavy (non-hydrogen) atoms. The molecule has 0 aromatic carbocycles. The third-order valence-electron chi connectivity index (χ3n) is 2.65. The molecule has 5 heteroatoms. The van der Waals surface area contributed by atoms with Gasteiger partial charge in [-0.15, -0.1) is 0 Å². The molecule has 1 aromatic rings. The molecule has 0 unspecified atom stereocenters. The second kappa shape index (κ2) is 5.03. The van der Waals surface area contributed by atoms with Crippen molar-refractivity contribution in [2.75, 3.05) is 6.54 Å². The quantitative estimate of drug-likeness (QED) is 0.761. The molecule has 0 bridgehead atoms. The first-order chi connectivity index (χ1) is 7.75. The van der Waals surface area contributed by atoms with Gasteiger partial charge in [0.2, 0.25) is 5.91 Å². The summed E-state index contributed by atoms with van der Waals surface area (Å²) in [6.45, 7) is 3.24. The van der Waals surface area contributed by atoms with Crippen molar-refractivity contribution in [2.24, 2.45) is 0 Å². The van der Waals surface area contributed by atoms with Crippen LogP contribution in [0.4, 0.5) is 0 Å². The molecule has 2 heterocycles. The molecule has 0 spiro atoms. The third-order valence-corrected chi connectivity index (χ3v) is 2.65. The number of nitrogens with one attached hydrogen (secondary N) is 2. The maximum absolute atomic E-state index is 11.7. The van der Waals surface area contributed by atoms with Crippen molar-refractivity contribution in [1.29, 1.82) is 0 Å². The van der Waals surface area contributed by atoms with Gasteiger partial charge in [-0.25, -0.2) is 9.97 Å². The van der Waals surface area contributed by atoms with Crippen LogP contribution in [0.1, 0.15) is 24.4 Å². The number of rotatable bonds is 3. The van der Waals surface area contributed by atoms with Crippen LogP contribution in [0.5, 0.6) is 0 Å². The maximum atomic E-state index is 11.7. The average molecular weight is 220 g/mol. The molecule has 5 nitrogen and oxygen atoms in total. The van der Waals surface area contributed by atoms with E-state index in [4.69, 9.17) is 0 Å². The summed E-state index contributed by atoms with van der Waals surface area (Å²) in [6.07, 6.45) is 3.71. The summed E-state index contributed by atoms with van der Waals surface area (Å²) in [5.74, 6) is 0.791. The third kappa shape index (κ3) is 2.76. The van der Waals surface area contributed by atoms with Crippen LogP contribution in [-0.2, 0) is 11.3 Å². The summed E-state index contributed by atoms with van der Waals surface area (Å²) in [6, 6.07) is 1.79. The van der Waals surface area contributed by atoms with E-state index in [2.05, 4.69) is 20.6 Å². The van der Waals surface area contributed by atoms with Crippen LogP contribution >= 0.6 is 0 Å². The number of aromatic nitrogens is 2.